The number of benzene rings is 2. The first-order valence-electron chi connectivity index (χ1n) is 35.1. The second-order valence-corrected chi connectivity index (χ2v) is 27.8. The highest BCUT2D eigenvalue weighted by Crippen LogP contribution is 2.42. The molecule has 0 aliphatic rings. The molecule has 8 aromatic rings. The van der Waals surface area contributed by atoms with Crippen molar-refractivity contribution in [3.63, 3.8) is 0 Å². The number of aromatic nitrogens is 6. The molecule has 6 aromatic heterocycles. The van der Waals surface area contributed by atoms with E-state index in [1.54, 1.807) is 22.7 Å². The predicted molar refractivity (Wildman–Crippen MR) is 370 cm³/mol. The van der Waals surface area contributed by atoms with E-state index in [0.717, 1.165) is 71.6 Å². The number of thiophene rings is 2. The average Bonchev–Trinajstić information content (AvgIpc) is 1.37. The van der Waals surface area contributed by atoms with E-state index in [2.05, 4.69) is 57.3 Å². The van der Waals surface area contributed by atoms with Crippen LogP contribution in [0.3, 0.4) is 0 Å². The average molecular weight is 1210 g/mol. The Labute approximate surface area is 522 Å². The summed E-state index contributed by atoms with van der Waals surface area (Å²) in [5.41, 5.74) is 1.71. The molecule has 468 valence electrons. The van der Waals surface area contributed by atoms with Gasteiger partial charge in [0.15, 0.2) is 22.1 Å². The van der Waals surface area contributed by atoms with Crippen molar-refractivity contribution in [1.82, 2.24) is 29.1 Å². The molecule has 2 atom stereocenters. The van der Waals surface area contributed by atoms with Gasteiger partial charge in [0.25, 0.3) is 22.2 Å². The van der Waals surface area contributed by atoms with E-state index in [-0.39, 0.29) is 56.1 Å². The number of unbranched alkanes of at least 4 members (excludes halogenated alkanes) is 32. The fourth-order valence-corrected chi connectivity index (χ4v) is 15.4. The van der Waals surface area contributed by atoms with Gasteiger partial charge in [-0.05, 0) is 79.3 Å². The van der Waals surface area contributed by atoms with E-state index >= 15 is 0 Å². The summed E-state index contributed by atoms with van der Waals surface area (Å²) in [6.45, 7) is 9.82. The molecule has 0 N–H and O–H groups in total. The summed E-state index contributed by atoms with van der Waals surface area (Å²) < 4.78 is 2.89. The third-order valence-electron chi connectivity index (χ3n) is 18.7. The van der Waals surface area contributed by atoms with Crippen LogP contribution in [0.4, 0.5) is 0 Å². The van der Waals surface area contributed by atoms with Gasteiger partial charge in [0, 0.05) is 44.1 Å². The Bertz CT molecular complexity index is 3500. The fraction of sp³-hybridized carbons (Fsp3) is 0.649. The molecule has 0 fully saturated rings. The van der Waals surface area contributed by atoms with Gasteiger partial charge in [-0.3, -0.25) is 28.3 Å². The van der Waals surface area contributed by atoms with Gasteiger partial charge in [0.2, 0.25) is 0 Å². The number of rotatable bonds is 46. The van der Waals surface area contributed by atoms with Crippen LogP contribution in [0.1, 0.15) is 285 Å². The second-order valence-electron chi connectivity index (χ2n) is 25.8. The van der Waals surface area contributed by atoms with E-state index in [4.69, 9.17) is 19.9 Å². The van der Waals surface area contributed by atoms with E-state index in [0.29, 0.717) is 45.9 Å². The molecule has 2 aromatic carbocycles. The molecule has 0 aliphatic heterocycles. The van der Waals surface area contributed by atoms with Crippen molar-refractivity contribution in [3.05, 3.63) is 89.3 Å². The Kier molecular flexibility index (Phi) is 28.5. The van der Waals surface area contributed by atoms with E-state index in [1.807, 2.05) is 18.2 Å². The molecule has 0 saturated carbocycles. The van der Waals surface area contributed by atoms with Crippen LogP contribution in [0.2, 0.25) is 0 Å². The van der Waals surface area contributed by atoms with Crippen molar-refractivity contribution in [2.75, 3.05) is 0 Å². The smallest absolute Gasteiger partial charge is 0.271 e. The van der Waals surface area contributed by atoms with Crippen molar-refractivity contribution < 1.29 is 0 Å². The van der Waals surface area contributed by atoms with Crippen LogP contribution in [-0.2, 0) is 13.1 Å². The monoisotopic (exact) mass is 1210 g/mol. The number of nitrogens with zero attached hydrogens (tertiary/aromatic N) is 6. The molecule has 0 spiro atoms. The van der Waals surface area contributed by atoms with Crippen molar-refractivity contribution in [1.29, 1.82) is 0 Å². The Hall–Kier alpha value is -4.94. The maximum atomic E-state index is 14.8. The van der Waals surface area contributed by atoms with Gasteiger partial charge in [0.1, 0.15) is 0 Å². The van der Waals surface area contributed by atoms with Crippen LogP contribution in [0, 0.1) is 11.8 Å². The summed E-state index contributed by atoms with van der Waals surface area (Å²) >= 11 is 3.32. The first kappa shape index (κ1) is 67.0. The van der Waals surface area contributed by atoms with Gasteiger partial charge in [-0.15, -0.1) is 22.7 Å². The summed E-state index contributed by atoms with van der Waals surface area (Å²) in [6, 6.07) is 14.2. The van der Waals surface area contributed by atoms with Gasteiger partial charge in [-0.1, -0.05) is 265 Å². The maximum absolute atomic E-state index is 14.8. The number of fused-ring (bicyclic) bond motifs is 7. The molecular weight excluding hydrogens is 1100 g/mol. The van der Waals surface area contributed by atoms with E-state index in [9.17, 15) is 19.2 Å². The molecule has 86 heavy (non-hydrogen) atoms. The molecule has 6 heterocycles. The van der Waals surface area contributed by atoms with Crippen LogP contribution in [-0.4, -0.2) is 29.1 Å². The van der Waals surface area contributed by atoms with Gasteiger partial charge in [-0.25, -0.2) is 19.9 Å². The van der Waals surface area contributed by atoms with Gasteiger partial charge < -0.3 is 0 Å². The Morgan fingerprint density at radius 1 is 0.349 bits per heavy atom. The largest absolute Gasteiger partial charge is 0.281 e. The first-order valence-corrected chi connectivity index (χ1v) is 36.8. The minimum atomic E-state index is -0.380. The van der Waals surface area contributed by atoms with Crippen LogP contribution in [0.25, 0.3) is 75.1 Å². The van der Waals surface area contributed by atoms with Gasteiger partial charge in [0.05, 0.1) is 22.1 Å². The summed E-state index contributed by atoms with van der Waals surface area (Å²) in [6.07, 6.45) is 49.3. The second kappa shape index (κ2) is 36.5. The van der Waals surface area contributed by atoms with Crippen molar-refractivity contribution in [2.24, 2.45) is 11.8 Å². The zero-order valence-electron chi connectivity index (χ0n) is 53.6. The number of hydrogen-bond donors (Lipinski definition) is 0. The lowest BCUT2D eigenvalue weighted by molar-refractivity contribution is 0.351. The molecule has 0 aliphatic carbocycles. The lowest BCUT2D eigenvalue weighted by Crippen LogP contribution is -2.29. The lowest BCUT2D eigenvalue weighted by Gasteiger charge is -2.17. The highest BCUT2D eigenvalue weighted by molar-refractivity contribution is 7.23. The van der Waals surface area contributed by atoms with Crippen molar-refractivity contribution in [2.45, 2.75) is 298 Å². The minimum absolute atomic E-state index is 0.0899. The molecule has 12 heteroatoms. The van der Waals surface area contributed by atoms with Crippen molar-refractivity contribution >= 4 is 77.6 Å². The van der Waals surface area contributed by atoms with E-state index in [1.165, 1.54) is 215 Å². The molecule has 10 nitrogen and oxygen atoms in total. The zero-order valence-corrected chi connectivity index (χ0v) is 55.2. The van der Waals surface area contributed by atoms with Crippen LogP contribution < -0.4 is 22.2 Å². The first-order chi connectivity index (χ1) is 42.3. The molecule has 0 amide bonds. The molecule has 8 rings (SSSR count). The molecule has 0 bridgehead atoms. The Morgan fingerprint density at radius 3 is 1.10 bits per heavy atom. The minimum Gasteiger partial charge on any atom is -0.271 e. The predicted octanol–water partition coefficient (Wildman–Crippen LogP) is 21.3. The molecule has 0 saturated heterocycles. The van der Waals surface area contributed by atoms with Gasteiger partial charge in [-0.2, -0.15) is 0 Å². The van der Waals surface area contributed by atoms with Crippen molar-refractivity contribution in [3.8, 4) is 20.2 Å². The SMILES string of the molecule is CCCCCCCCCCCCC(CCCCCCCCCC)Cn1c(=O)c2nc3ccc4c(cc(-c5ccc(-c6cccs6)s5)c5nc6c(=O)n(CC(CCCCCCCCCC)CCCCCCCCCCCC)c(=O)c6nc54)c3nc2c1=O. The Balaban J connectivity index is 1.10. The summed E-state index contributed by atoms with van der Waals surface area (Å²) in [7, 11) is 0. The Morgan fingerprint density at radius 2 is 0.709 bits per heavy atom. The quantitative estimate of drug-likeness (QED) is 0.0272. The van der Waals surface area contributed by atoms with Gasteiger partial charge >= 0.3 is 0 Å². The molecule has 0 radical (unpaired) electrons. The summed E-state index contributed by atoms with van der Waals surface area (Å²) in [5.74, 6) is 0.429. The van der Waals surface area contributed by atoms with E-state index < -0.39 is 0 Å². The maximum Gasteiger partial charge on any atom is 0.281 e. The summed E-state index contributed by atoms with van der Waals surface area (Å²) in [4.78, 5) is 82.2. The number of hydrogen-bond acceptors (Lipinski definition) is 10. The molecule has 2 unspecified atom stereocenters. The molecular formula is C74H106N6O4S2. The van der Waals surface area contributed by atoms with Crippen LogP contribution >= 0.6 is 22.7 Å². The zero-order chi connectivity index (χ0) is 60.3. The fourth-order valence-electron chi connectivity index (χ4n) is 13.5. The third-order valence-corrected chi connectivity index (χ3v) is 20.9. The normalized spacial score (nSPS) is 12.8. The topological polar surface area (TPSA) is 130 Å². The van der Waals surface area contributed by atoms with Crippen LogP contribution in [0.15, 0.2) is 67.0 Å². The highest BCUT2D eigenvalue weighted by Gasteiger charge is 2.26. The summed E-state index contributed by atoms with van der Waals surface area (Å²) in [5, 5.41) is 3.47. The highest BCUT2D eigenvalue weighted by atomic mass is 32.1. The third kappa shape index (κ3) is 18.8. The standard InChI is InChI=1S/C74H106N6O4S2/c1-5-9-13-17-21-25-27-31-35-39-43-55(42-37-33-29-23-19-15-11-7-3)53-79-71(81)67-68(72(79)82)76-64-58-52-59(61-49-50-63(86-61)62-46-41-51-85-62)66-65(57(58)47-48-60(64)75-67)77-69-70(78-66)74(84)80(73(69)83)54-56(44-38-34-30-24-20-16-12-8-4)45-40-36-32-28-26-22-18-14-10-6-2/h41,46-52,55-56H,5-40,42-45,53-54H2,1-4H3. The lowest BCUT2D eigenvalue weighted by atomic mass is 9.93. The van der Waals surface area contributed by atoms with Crippen LogP contribution in [0.5, 0.6) is 0 Å².